The number of carbonyl (C=O) groups excluding carboxylic acids is 1. The third-order valence-corrected chi connectivity index (χ3v) is 3.63. The van der Waals surface area contributed by atoms with Crippen LogP contribution in [0.15, 0.2) is 30.5 Å². The number of carboxylic acids is 1. The van der Waals surface area contributed by atoms with E-state index in [0.717, 1.165) is 10.9 Å². The Balaban J connectivity index is 1.92. The lowest BCUT2D eigenvalue weighted by molar-refractivity contribution is -0.141. The van der Waals surface area contributed by atoms with Crippen LogP contribution < -0.4 is 0 Å². The van der Waals surface area contributed by atoms with Gasteiger partial charge in [-0.3, -0.25) is 4.79 Å². The smallest absolute Gasteiger partial charge is 0.326 e. The molecular weight excluding hydrogens is 260 g/mol. The number of hydrogen-bond donors (Lipinski definition) is 3. The van der Waals surface area contributed by atoms with E-state index in [-0.39, 0.29) is 18.9 Å². The number of carboxylic acid groups (broad SMARTS) is 1. The number of nitrogens with one attached hydrogen (secondary N) is 1. The fourth-order valence-electron chi connectivity index (χ4n) is 2.62. The van der Waals surface area contributed by atoms with Gasteiger partial charge in [0.2, 0.25) is 0 Å². The highest BCUT2D eigenvalue weighted by Crippen LogP contribution is 2.22. The molecule has 0 saturated carbocycles. The predicted molar refractivity (Wildman–Crippen MR) is 71.4 cm³/mol. The van der Waals surface area contributed by atoms with Crippen molar-refractivity contribution in [2.75, 3.05) is 6.54 Å². The number of carbonyl (C=O) groups is 2. The summed E-state index contributed by atoms with van der Waals surface area (Å²) in [4.78, 5) is 27.8. The van der Waals surface area contributed by atoms with Gasteiger partial charge in [-0.15, -0.1) is 0 Å². The van der Waals surface area contributed by atoms with Crippen molar-refractivity contribution in [2.45, 2.75) is 18.6 Å². The Morgan fingerprint density at radius 1 is 1.30 bits per heavy atom. The van der Waals surface area contributed by atoms with Crippen molar-refractivity contribution in [3.05, 3.63) is 36.0 Å². The van der Waals surface area contributed by atoms with Crippen LogP contribution in [0, 0.1) is 0 Å². The number of benzene rings is 1. The van der Waals surface area contributed by atoms with E-state index in [4.69, 9.17) is 5.11 Å². The summed E-state index contributed by atoms with van der Waals surface area (Å²) in [5, 5.41) is 19.7. The van der Waals surface area contributed by atoms with Crippen LogP contribution in [0.3, 0.4) is 0 Å². The second-order valence-electron chi connectivity index (χ2n) is 4.98. The van der Waals surface area contributed by atoms with Gasteiger partial charge in [-0.1, -0.05) is 6.07 Å². The monoisotopic (exact) mass is 274 g/mol. The van der Waals surface area contributed by atoms with Crippen LogP contribution in [0.5, 0.6) is 0 Å². The molecule has 0 aliphatic carbocycles. The molecule has 6 nitrogen and oxygen atoms in total. The molecule has 2 unspecified atom stereocenters. The summed E-state index contributed by atoms with van der Waals surface area (Å²) in [6, 6.07) is 6.10. The Morgan fingerprint density at radius 3 is 2.85 bits per heavy atom. The van der Waals surface area contributed by atoms with Gasteiger partial charge in [-0.25, -0.2) is 4.79 Å². The number of nitrogens with zero attached hydrogens (tertiary/aromatic N) is 1. The number of hydrogen-bond acceptors (Lipinski definition) is 3. The maximum absolute atomic E-state index is 12.4. The molecule has 1 aliphatic rings. The predicted octanol–water partition coefficient (Wildman–Crippen LogP) is 0.828. The van der Waals surface area contributed by atoms with Crippen LogP contribution in [-0.4, -0.2) is 50.7 Å². The number of β-amino-alcohol motifs (C(OH)–C–C–N with tert-alkyl or cyclic N) is 1. The number of likely N-dealkylation sites (tertiary alicyclic amines) is 1. The first-order chi connectivity index (χ1) is 9.56. The van der Waals surface area contributed by atoms with E-state index in [0.29, 0.717) is 5.56 Å². The minimum atomic E-state index is -1.09. The Morgan fingerprint density at radius 2 is 2.10 bits per heavy atom. The highest BCUT2D eigenvalue weighted by molar-refractivity contribution is 5.99. The molecule has 1 fully saturated rings. The topological polar surface area (TPSA) is 93.6 Å². The van der Waals surface area contributed by atoms with Gasteiger partial charge in [0.25, 0.3) is 5.91 Å². The normalized spacial score (nSPS) is 22.4. The zero-order chi connectivity index (χ0) is 14.3. The quantitative estimate of drug-likeness (QED) is 0.756. The Kier molecular flexibility index (Phi) is 2.94. The molecule has 1 aromatic carbocycles. The zero-order valence-electron chi connectivity index (χ0n) is 10.6. The lowest BCUT2D eigenvalue weighted by Gasteiger charge is -2.21. The van der Waals surface area contributed by atoms with Crippen molar-refractivity contribution in [3.8, 4) is 0 Å². The summed E-state index contributed by atoms with van der Waals surface area (Å²) in [7, 11) is 0. The summed E-state index contributed by atoms with van der Waals surface area (Å²) in [5.41, 5.74) is 1.24. The molecule has 1 amide bonds. The highest BCUT2D eigenvalue weighted by Gasteiger charge is 2.39. The molecule has 6 heteroatoms. The SMILES string of the molecule is O=C(O)C1CC(O)CN1C(=O)c1ccc2cc[nH]c2c1. The molecule has 2 atom stereocenters. The number of aliphatic carboxylic acids is 1. The first kappa shape index (κ1) is 12.7. The molecule has 0 spiro atoms. The molecule has 1 aromatic heterocycles. The van der Waals surface area contributed by atoms with E-state index < -0.39 is 18.1 Å². The van der Waals surface area contributed by atoms with E-state index in [1.807, 2.05) is 6.07 Å². The minimum absolute atomic E-state index is 0.0541. The molecule has 1 aliphatic heterocycles. The molecular formula is C14H14N2O4. The van der Waals surface area contributed by atoms with E-state index >= 15 is 0 Å². The average molecular weight is 274 g/mol. The van der Waals surface area contributed by atoms with Crippen LogP contribution in [-0.2, 0) is 4.79 Å². The van der Waals surface area contributed by atoms with E-state index in [1.165, 1.54) is 4.90 Å². The van der Waals surface area contributed by atoms with Gasteiger partial charge < -0.3 is 20.1 Å². The van der Waals surface area contributed by atoms with Crippen molar-refractivity contribution in [2.24, 2.45) is 0 Å². The largest absolute Gasteiger partial charge is 0.480 e. The van der Waals surface area contributed by atoms with Crippen LogP contribution in [0.25, 0.3) is 10.9 Å². The zero-order valence-corrected chi connectivity index (χ0v) is 10.6. The number of aromatic amines is 1. The van der Waals surface area contributed by atoms with Crippen molar-refractivity contribution in [1.82, 2.24) is 9.88 Å². The van der Waals surface area contributed by atoms with Gasteiger partial charge in [0.1, 0.15) is 6.04 Å². The third-order valence-electron chi connectivity index (χ3n) is 3.63. The Bertz CT molecular complexity index is 679. The molecule has 104 valence electrons. The number of H-pyrrole nitrogens is 1. The summed E-state index contributed by atoms with van der Waals surface area (Å²) in [6.07, 6.45) is 1.07. The maximum Gasteiger partial charge on any atom is 0.326 e. The minimum Gasteiger partial charge on any atom is -0.480 e. The standard InChI is InChI=1S/C14H14N2O4/c17-10-6-12(14(19)20)16(7-10)13(18)9-2-1-8-3-4-15-11(8)5-9/h1-5,10,12,15,17H,6-7H2,(H,19,20). The first-order valence-corrected chi connectivity index (χ1v) is 6.35. The summed E-state index contributed by atoms with van der Waals surface area (Å²) in [6.45, 7) is 0.0541. The molecule has 3 rings (SSSR count). The lowest BCUT2D eigenvalue weighted by Crippen LogP contribution is -2.40. The van der Waals surface area contributed by atoms with Crippen LogP contribution in [0.2, 0.25) is 0 Å². The molecule has 1 saturated heterocycles. The number of aromatic nitrogens is 1. The van der Waals surface area contributed by atoms with Gasteiger partial charge >= 0.3 is 5.97 Å². The molecule has 0 bridgehead atoms. The van der Waals surface area contributed by atoms with E-state index in [2.05, 4.69) is 4.98 Å². The second kappa shape index (κ2) is 4.64. The lowest BCUT2D eigenvalue weighted by atomic mass is 10.1. The van der Waals surface area contributed by atoms with E-state index in [1.54, 1.807) is 24.4 Å². The van der Waals surface area contributed by atoms with Crippen molar-refractivity contribution in [1.29, 1.82) is 0 Å². The van der Waals surface area contributed by atoms with Gasteiger partial charge in [0.15, 0.2) is 0 Å². The summed E-state index contributed by atoms with van der Waals surface area (Å²) >= 11 is 0. The van der Waals surface area contributed by atoms with Crippen molar-refractivity contribution in [3.63, 3.8) is 0 Å². The third kappa shape index (κ3) is 2.04. The van der Waals surface area contributed by atoms with Gasteiger partial charge in [-0.05, 0) is 23.6 Å². The molecule has 20 heavy (non-hydrogen) atoms. The Labute approximate surface area is 114 Å². The number of amides is 1. The summed E-state index contributed by atoms with van der Waals surface area (Å²) in [5.74, 6) is -1.46. The summed E-state index contributed by atoms with van der Waals surface area (Å²) < 4.78 is 0. The maximum atomic E-state index is 12.4. The fourth-order valence-corrected chi connectivity index (χ4v) is 2.62. The Hall–Kier alpha value is -2.34. The van der Waals surface area contributed by atoms with Gasteiger partial charge in [0.05, 0.1) is 6.10 Å². The average Bonchev–Trinajstić information content (AvgIpc) is 3.02. The highest BCUT2D eigenvalue weighted by atomic mass is 16.4. The van der Waals surface area contributed by atoms with Crippen molar-refractivity contribution < 1.29 is 19.8 Å². The number of fused-ring (bicyclic) bond motifs is 1. The van der Waals surface area contributed by atoms with Crippen LogP contribution in [0.4, 0.5) is 0 Å². The molecule has 0 radical (unpaired) electrons. The van der Waals surface area contributed by atoms with Crippen LogP contribution in [0.1, 0.15) is 16.8 Å². The van der Waals surface area contributed by atoms with Gasteiger partial charge in [0, 0.05) is 30.2 Å². The number of aliphatic hydroxyl groups is 1. The fraction of sp³-hybridized carbons (Fsp3) is 0.286. The van der Waals surface area contributed by atoms with Crippen LogP contribution >= 0.6 is 0 Å². The molecule has 2 aromatic rings. The number of aliphatic hydroxyl groups excluding tert-OH is 1. The van der Waals surface area contributed by atoms with Crippen molar-refractivity contribution >= 4 is 22.8 Å². The van der Waals surface area contributed by atoms with E-state index in [9.17, 15) is 14.7 Å². The first-order valence-electron chi connectivity index (χ1n) is 6.35. The number of rotatable bonds is 2. The van der Waals surface area contributed by atoms with Gasteiger partial charge in [-0.2, -0.15) is 0 Å². The molecule has 2 heterocycles. The second-order valence-corrected chi connectivity index (χ2v) is 4.98. The molecule has 3 N–H and O–H groups in total.